The van der Waals surface area contributed by atoms with Crippen molar-refractivity contribution in [3.63, 3.8) is 0 Å². The Balaban J connectivity index is 0.00000200. The van der Waals surface area contributed by atoms with Crippen LogP contribution in [-0.2, 0) is 11.0 Å². The van der Waals surface area contributed by atoms with Crippen LogP contribution >= 0.6 is 23.7 Å². The number of hydrogen-bond acceptors (Lipinski definition) is 5. The molecule has 10 heteroatoms. The predicted octanol–water partition coefficient (Wildman–Crippen LogP) is 2.43. The molecule has 0 saturated heterocycles. The summed E-state index contributed by atoms with van der Waals surface area (Å²) in [6.07, 6.45) is -1.58. The van der Waals surface area contributed by atoms with Crippen molar-refractivity contribution in [2.45, 2.75) is 37.9 Å². The minimum atomic E-state index is -4.53. The third-order valence-electron chi connectivity index (χ3n) is 3.08. The van der Waals surface area contributed by atoms with E-state index in [-0.39, 0.29) is 41.8 Å². The summed E-state index contributed by atoms with van der Waals surface area (Å²) in [7, 11) is 0. The lowest BCUT2D eigenvalue weighted by atomic mass is 10.00. The molecule has 0 unspecified atom stereocenters. The highest BCUT2D eigenvalue weighted by Crippen LogP contribution is 2.33. The summed E-state index contributed by atoms with van der Waals surface area (Å²) in [5.74, 6) is -0.276. The third-order valence-corrected chi connectivity index (χ3v) is 3.96. The maximum Gasteiger partial charge on any atom is 0.445 e. The summed E-state index contributed by atoms with van der Waals surface area (Å²) in [5.41, 5.74) is 5.83. The number of halogens is 4. The van der Waals surface area contributed by atoms with Crippen LogP contribution in [0.4, 0.5) is 18.3 Å². The molecule has 2 atom stereocenters. The molecule has 20 heavy (non-hydrogen) atoms. The zero-order valence-corrected chi connectivity index (χ0v) is 11.9. The number of carbonyl (C=O) groups is 1. The van der Waals surface area contributed by atoms with Gasteiger partial charge in [-0.25, -0.2) is 0 Å². The van der Waals surface area contributed by atoms with Gasteiger partial charge in [0.2, 0.25) is 16.0 Å². The first-order chi connectivity index (χ1) is 8.86. The monoisotopic (exact) mass is 330 g/mol. The van der Waals surface area contributed by atoms with Crippen molar-refractivity contribution in [3.05, 3.63) is 5.01 Å². The number of rotatable bonds is 3. The molecule has 1 aromatic heterocycles. The number of aromatic nitrogens is 2. The first-order valence-corrected chi connectivity index (χ1v) is 6.64. The van der Waals surface area contributed by atoms with Gasteiger partial charge in [-0.15, -0.1) is 22.6 Å². The molecule has 0 bridgehead atoms. The van der Waals surface area contributed by atoms with Gasteiger partial charge in [0.25, 0.3) is 0 Å². The number of anilines is 1. The van der Waals surface area contributed by atoms with E-state index in [1.165, 1.54) is 0 Å². The molecule has 1 aliphatic carbocycles. The molecule has 1 aromatic rings. The molecule has 1 saturated carbocycles. The van der Waals surface area contributed by atoms with Crippen LogP contribution in [0.1, 0.15) is 30.7 Å². The number of alkyl halides is 3. The van der Waals surface area contributed by atoms with Gasteiger partial charge in [-0.1, -0.05) is 17.8 Å². The number of nitrogens with two attached hydrogens (primary N) is 1. The maximum absolute atomic E-state index is 12.3. The predicted molar refractivity (Wildman–Crippen MR) is 70.7 cm³/mol. The molecule has 1 fully saturated rings. The van der Waals surface area contributed by atoms with E-state index >= 15 is 0 Å². The van der Waals surface area contributed by atoms with Crippen molar-refractivity contribution in [1.82, 2.24) is 10.2 Å². The average Bonchev–Trinajstić information content (AvgIpc) is 2.88. The smallest absolute Gasteiger partial charge is 0.327 e. The third kappa shape index (κ3) is 4.29. The highest BCUT2D eigenvalue weighted by Gasteiger charge is 2.36. The largest absolute Gasteiger partial charge is 0.445 e. The van der Waals surface area contributed by atoms with Crippen LogP contribution in [0.25, 0.3) is 0 Å². The number of nitrogens with one attached hydrogen (secondary N) is 1. The Hall–Kier alpha value is -0.930. The zero-order chi connectivity index (χ0) is 14.0. The van der Waals surface area contributed by atoms with Crippen molar-refractivity contribution in [3.8, 4) is 0 Å². The Kier molecular flexibility index (Phi) is 5.72. The van der Waals surface area contributed by atoms with Crippen molar-refractivity contribution in [1.29, 1.82) is 0 Å². The molecule has 1 aliphatic rings. The van der Waals surface area contributed by atoms with Crippen molar-refractivity contribution in [2.24, 2.45) is 11.7 Å². The van der Waals surface area contributed by atoms with Gasteiger partial charge in [-0.05, 0) is 18.8 Å². The molecule has 3 N–H and O–H groups in total. The van der Waals surface area contributed by atoms with Gasteiger partial charge in [0.1, 0.15) is 0 Å². The van der Waals surface area contributed by atoms with Crippen LogP contribution < -0.4 is 11.1 Å². The number of nitrogens with zero attached hydrogens (tertiary/aromatic N) is 2. The Morgan fingerprint density at radius 1 is 1.40 bits per heavy atom. The van der Waals surface area contributed by atoms with Crippen LogP contribution in [-0.4, -0.2) is 22.1 Å². The topological polar surface area (TPSA) is 80.9 Å². The molecule has 0 radical (unpaired) electrons. The molecule has 1 heterocycles. The van der Waals surface area contributed by atoms with Crippen LogP contribution in [0.15, 0.2) is 0 Å². The second-order valence-corrected chi connectivity index (χ2v) is 5.49. The first kappa shape index (κ1) is 17.1. The molecular formula is C10H14ClF3N4OS. The molecule has 2 rings (SSSR count). The molecule has 0 aliphatic heterocycles. The summed E-state index contributed by atoms with van der Waals surface area (Å²) < 4.78 is 36.9. The lowest BCUT2D eigenvalue weighted by Gasteiger charge is -2.13. The second kappa shape index (κ2) is 6.68. The molecule has 5 nitrogen and oxygen atoms in total. The molecule has 0 spiro atoms. The van der Waals surface area contributed by atoms with Gasteiger partial charge in [-0.2, -0.15) is 13.2 Å². The lowest BCUT2D eigenvalue weighted by molar-refractivity contribution is -0.138. The van der Waals surface area contributed by atoms with E-state index in [4.69, 9.17) is 5.73 Å². The van der Waals surface area contributed by atoms with E-state index in [0.29, 0.717) is 11.3 Å². The highest BCUT2D eigenvalue weighted by molar-refractivity contribution is 7.15. The highest BCUT2D eigenvalue weighted by atomic mass is 35.5. The Morgan fingerprint density at radius 3 is 2.60 bits per heavy atom. The van der Waals surface area contributed by atoms with Crippen LogP contribution in [0.3, 0.4) is 0 Å². The summed E-state index contributed by atoms with van der Waals surface area (Å²) in [6.45, 7) is 0. The Bertz CT molecular complexity index is 468. The summed E-state index contributed by atoms with van der Waals surface area (Å²) in [6, 6.07) is -0.00842. The molecule has 1 amide bonds. The second-order valence-electron chi connectivity index (χ2n) is 4.52. The lowest BCUT2D eigenvalue weighted by Crippen LogP contribution is -2.28. The van der Waals surface area contributed by atoms with Crippen molar-refractivity contribution >= 4 is 34.8 Å². The van der Waals surface area contributed by atoms with E-state index < -0.39 is 11.2 Å². The van der Waals surface area contributed by atoms with E-state index in [2.05, 4.69) is 15.5 Å². The van der Waals surface area contributed by atoms with Gasteiger partial charge in [-0.3, -0.25) is 4.79 Å². The van der Waals surface area contributed by atoms with Gasteiger partial charge in [0, 0.05) is 12.5 Å². The maximum atomic E-state index is 12.3. The van der Waals surface area contributed by atoms with E-state index in [0.717, 1.165) is 19.3 Å². The summed E-state index contributed by atoms with van der Waals surface area (Å²) >= 11 is 0.316. The average molecular weight is 331 g/mol. The van der Waals surface area contributed by atoms with E-state index in [1.807, 2.05) is 0 Å². The number of hydrogen-bond donors (Lipinski definition) is 2. The van der Waals surface area contributed by atoms with Gasteiger partial charge in [0.05, 0.1) is 0 Å². The number of carbonyl (C=O) groups excluding carboxylic acids is 1. The Morgan fingerprint density at radius 2 is 2.10 bits per heavy atom. The first-order valence-electron chi connectivity index (χ1n) is 5.82. The quantitative estimate of drug-likeness (QED) is 0.892. The molecule has 0 aromatic carbocycles. The van der Waals surface area contributed by atoms with Gasteiger partial charge in [0.15, 0.2) is 0 Å². The normalized spacial score (nSPS) is 22.4. The van der Waals surface area contributed by atoms with E-state index in [9.17, 15) is 18.0 Å². The standard InChI is InChI=1S/C10H13F3N4OS.ClH/c11-10(12,13)8-16-17-9(19-8)15-7(18)4-5-2-1-3-6(5)14;/h5-6H,1-4,14H2,(H,15,17,18);1H/t5-,6+;/m0./s1. The Labute approximate surface area is 123 Å². The van der Waals surface area contributed by atoms with Gasteiger partial charge < -0.3 is 11.1 Å². The van der Waals surface area contributed by atoms with Crippen LogP contribution in [0.2, 0.25) is 0 Å². The minimum Gasteiger partial charge on any atom is -0.327 e. The SMILES string of the molecule is Cl.N[C@@H]1CCC[C@H]1CC(=O)Nc1nnc(C(F)(F)F)s1. The summed E-state index contributed by atoms with van der Waals surface area (Å²) in [4.78, 5) is 11.7. The fraction of sp³-hybridized carbons (Fsp3) is 0.700. The zero-order valence-electron chi connectivity index (χ0n) is 10.3. The van der Waals surface area contributed by atoms with Gasteiger partial charge >= 0.3 is 6.18 Å². The fourth-order valence-electron chi connectivity index (χ4n) is 2.12. The van der Waals surface area contributed by atoms with Crippen LogP contribution in [0.5, 0.6) is 0 Å². The van der Waals surface area contributed by atoms with E-state index in [1.54, 1.807) is 0 Å². The minimum absolute atomic E-state index is 0. The summed E-state index contributed by atoms with van der Waals surface area (Å²) in [5, 5.41) is 7.42. The fourth-order valence-corrected chi connectivity index (χ4v) is 2.74. The number of amides is 1. The van der Waals surface area contributed by atoms with Crippen molar-refractivity contribution in [2.75, 3.05) is 5.32 Å². The van der Waals surface area contributed by atoms with Crippen molar-refractivity contribution < 1.29 is 18.0 Å². The molecule has 114 valence electrons. The molecular weight excluding hydrogens is 317 g/mol. The van der Waals surface area contributed by atoms with Crippen LogP contribution in [0, 0.1) is 5.92 Å².